The second-order valence-corrected chi connectivity index (χ2v) is 4.71. The molecular formula is C14H16N2O4. The van der Waals surface area contributed by atoms with E-state index < -0.39 is 12.0 Å². The highest BCUT2D eigenvalue weighted by atomic mass is 16.4. The molecule has 1 aliphatic rings. The first kappa shape index (κ1) is 14.0. The summed E-state index contributed by atoms with van der Waals surface area (Å²) in [7, 11) is 0. The number of carboxylic acid groups (broad SMARTS) is 1. The van der Waals surface area contributed by atoms with E-state index in [9.17, 15) is 14.4 Å². The Labute approximate surface area is 116 Å². The zero-order chi connectivity index (χ0) is 14.5. The van der Waals surface area contributed by atoms with Crippen LogP contribution in [-0.2, 0) is 16.0 Å². The third-order valence-corrected chi connectivity index (χ3v) is 3.20. The van der Waals surface area contributed by atoms with Crippen molar-refractivity contribution in [2.75, 3.05) is 6.54 Å². The molecule has 106 valence electrons. The number of carbonyl (C=O) groups excluding carboxylic acids is 2. The van der Waals surface area contributed by atoms with Gasteiger partial charge in [-0.2, -0.15) is 0 Å². The Bertz CT molecular complexity index is 542. The minimum absolute atomic E-state index is 0.0979. The van der Waals surface area contributed by atoms with Gasteiger partial charge in [0.2, 0.25) is 11.8 Å². The highest BCUT2D eigenvalue weighted by molar-refractivity contribution is 5.90. The summed E-state index contributed by atoms with van der Waals surface area (Å²) >= 11 is 0. The molecule has 1 heterocycles. The number of hydrogen-bond donors (Lipinski definition) is 3. The van der Waals surface area contributed by atoms with Crippen molar-refractivity contribution in [2.24, 2.45) is 0 Å². The van der Waals surface area contributed by atoms with Crippen LogP contribution in [-0.4, -0.2) is 35.5 Å². The first-order valence-electron chi connectivity index (χ1n) is 6.45. The molecule has 0 radical (unpaired) electrons. The molecule has 2 rings (SSSR count). The van der Waals surface area contributed by atoms with Crippen molar-refractivity contribution in [3.63, 3.8) is 0 Å². The fourth-order valence-corrected chi connectivity index (χ4v) is 2.12. The Balaban J connectivity index is 1.81. The first-order chi connectivity index (χ1) is 9.56. The number of nitrogens with one attached hydrogen (secondary N) is 2. The Morgan fingerprint density at radius 3 is 2.85 bits per heavy atom. The zero-order valence-electron chi connectivity index (χ0n) is 10.9. The zero-order valence-corrected chi connectivity index (χ0v) is 10.9. The van der Waals surface area contributed by atoms with Gasteiger partial charge in [0.15, 0.2) is 0 Å². The van der Waals surface area contributed by atoms with Gasteiger partial charge in [-0.1, -0.05) is 12.1 Å². The molecule has 0 bridgehead atoms. The first-order valence-corrected chi connectivity index (χ1v) is 6.45. The lowest BCUT2D eigenvalue weighted by Crippen LogP contribution is -2.42. The molecule has 1 aliphatic heterocycles. The van der Waals surface area contributed by atoms with Crippen LogP contribution in [0.2, 0.25) is 0 Å². The molecule has 6 nitrogen and oxygen atoms in total. The van der Waals surface area contributed by atoms with Crippen molar-refractivity contribution >= 4 is 17.8 Å². The summed E-state index contributed by atoms with van der Waals surface area (Å²) in [5.41, 5.74) is 1.08. The summed E-state index contributed by atoms with van der Waals surface area (Å²) in [4.78, 5) is 33.6. The van der Waals surface area contributed by atoms with Gasteiger partial charge in [0.05, 0.1) is 5.56 Å². The molecule has 0 saturated carbocycles. The molecule has 1 aromatic carbocycles. The molecular weight excluding hydrogens is 260 g/mol. The molecule has 1 fully saturated rings. The van der Waals surface area contributed by atoms with Crippen LogP contribution in [0.1, 0.15) is 28.8 Å². The number of benzene rings is 1. The summed E-state index contributed by atoms with van der Waals surface area (Å²) in [6.07, 6.45) is 1.46. The van der Waals surface area contributed by atoms with E-state index in [0.717, 1.165) is 5.56 Å². The van der Waals surface area contributed by atoms with Gasteiger partial charge in [-0.25, -0.2) is 4.79 Å². The summed E-state index contributed by atoms with van der Waals surface area (Å²) in [6.45, 7) is 0.411. The van der Waals surface area contributed by atoms with Gasteiger partial charge >= 0.3 is 5.97 Å². The quantitative estimate of drug-likeness (QED) is 0.722. The topological polar surface area (TPSA) is 95.5 Å². The van der Waals surface area contributed by atoms with E-state index in [1.165, 1.54) is 6.07 Å². The second kappa shape index (κ2) is 6.18. The van der Waals surface area contributed by atoms with Crippen LogP contribution in [0.15, 0.2) is 24.3 Å². The molecule has 1 atom stereocenters. The van der Waals surface area contributed by atoms with E-state index in [2.05, 4.69) is 10.6 Å². The predicted molar refractivity (Wildman–Crippen MR) is 71.3 cm³/mol. The average Bonchev–Trinajstić information content (AvgIpc) is 2.86. The summed E-state index contributed by atoms with van der Waals surface area (Å²) in [5, 5.41) is 14.2. The normalized spacial score (nSPS) is 17.6. The second-order valence-electron chi connectivity index (χ2n) is 4.71. The Kier molecular flexibility index (Phi) is 4.34. The number of carboxylic acids is 1. The largest absolute Gasteiger partial charge is 0.478 e. The lowest BCUT2D eigenvalue weighted by atomic mass is 10.1. The van der Waals surface area contributed by atoms with Gasteiger partial charge in [0, 0.05) is 13.0 Å². The van der Waals surface area contributed by atoms with Gasteiger partial charge in [-0.3, -0.25) is 9.59 Å². The van der Waals surface area contributed by atoms with Crippen molar-refractivity contribution in [3.8, 4) is 0 Å². The Morgan fingerprint density at radius 1 is 1.40 bits per heavy atom. The van der Waals surface area contributed by atoms with Crippen LogP contribution >= 0.6 is 0 Å². The van der Waals surface area contributed by atoms with Crippen LogP contribution in [0.3, 0.4) is 0 Å². The van der Waals surface area contributed by atoms with Crippen LogP contribution in [0.5, 0.6) is 0 Å². The number of carbonyl (C=O) groups is 3. The highest BCUT2D eigenvalue weighted by Gasteiger charge is 2.26. The molecule has 3 N–H and O–H groups in total. The van der Waals surface area contributed by atoms with Gasteiger partial charge < -0.3 is 15.7 Å². The summed E-state index contributed by atoms with van der Waals surface area (Å²) < 4.78 is 0. The van der Waals surface area contributed by atoms with Crippen molar-refractivity contribution in [2.45, 2.75) is 25.3 Å². The predicted octanol–water partition coefficient (Wildman–Crippen LogP) is 0.322. The lowest BCUT2D eigenvalue weighted by molar-refractivity contribution is -0.125. The van der Waals surface area contributed by atoms with Crippen molar-refractivity contribution in [1.82, 2.24) is 10.6 Å². The van der Waals surface area contributed by atoms with Gasteiger partial charge in [0.1, 0.15) is 6.04 Å². The van der Waals surface area contributed by atoms with Crippen LogP contribution in [0.25, 0.3) is 0 Å². The van der Waals surface area contributed by atoms with Crippen LogP contribution in [0, 0.1) is 0 Å². The van der Waals surface area contributed by atoms with Crippen molar-refractivity contribution in [1.29, 1.82) is 0 Å². The third kappa shape index (κ3) is 3.57. The van der Waals surface area contributed by atoms with E-state index in [4.69, 9.17) is 5.11 Å². The summed E-state index contributed by atoms with van der Waals surface area (Å²) in [5.74, 6) is -1.26. The molecule has 0 spiro atoms. The minimum atomic E-state index is -0.968. The fraction of sp³-hybridized carbons (Fsp3) is 0.357. The van der Waals surface area contributed by atoms with Gasteiger partial charge in [-0.15, -0.1) is 0 Å². The van der Waals surface area contributed by atoms with E-state index in [-0.39, 0.29) is 17.4 Å². The number of amides is 2. The summed E-state index contributed by atoms with van der Waals surface area (Å²) in [6, 6.07) is 6.17. The monoisotopic (exact) mass is 276 g/mol. The maximum Gasteiger partial charge on any atom is 0.335 e. The molecule has 20 heavy (non-hydrogen) atoms. The molecule has 6 heteroatoms. The van der Waals surface area contributed by atoms with Crippen molar-refractivity contribution < 1.29 is 19.5 Å². The number of aromatic carboxylic acids is 1. The standard InChI is InChI=1S/C14H16N2O4/c17-12-5-4-11(16-12)13(18)15-7-6-9-2-1-3-10(8-9)14(19)20/h1-3,8,11H,4-7H2,(H,15,18)(H,16,17)(H,19,20). The molecule has 2 amide bonds. The highest BCUT2D eigenvalue weighted by Crippen LogP contribution is 2.07. The van der Waals surface area contributed by atoms with Crippen LogP contribution in [0.4, 0.5) is 0 Å². The van der Waals surface area contributed by atoms with E-state index in [0.29, 0.717) is 25.8 Å². The average molecular weight is 276 g/mol. The van der Waals surface area contributed by atoms with E-state index in [1.807, 2.05) is 6.07 Å². The van der Waals surface area contributed by atoms with Crippen molar-refractivity contribution in [3.05, 3.63) is 35.4 Å². The van der Waals surface area contributed by atoms with Gasteiger partial charge in [0.25, 0.3) is 0 Å². The smallest absolute Gasteiger partial charge is 0.335 e. The molecule has 1 unspecified atom stereocenters. The molecule has 1 saturated heterocycles. The third-order valence-electron chi connectivity index (χ3n) is 3.20. The van der Waals surface area contributed by atoms with Crippen LogP contribution < -0.4 is 10.6 Å². The Morgan fingerprint density at radius 2 is 2.20 bits per heavy atom. The number of hydrogen-bond acceptors (Lipinski definition) is 3. The SMILES string of the molecule is O=C1CCC(C(=O)NCCc2cccc(C(=O)O)c2)N1. The fourth-order valence-electron chi connectivity index (χ4n) is 2.12. The molecule has 1 aromatic rings. The lowest BCUT2D eigenvalue weighted by Gasteiger charge is -2.10. The van der Waals surface area contributed by atoms with Gasteiger partial charge in [-0.05, 0) is 30.5 Å². The van der Waals surface area contributed by atoms with E-state index >= 15 is 0 Å². The minimum Gasteiger partial charge on any atom is -0.478 e. The maximum atomic E-state index is 11.7. The number of rotatable bonds is 5. The maximum absolute atomic E-state index is 11.7. The Hall–Kier alpha value is -2.37. The molecule has 0 aliphatic carbocycles. The van der Waals surface area contributed by atoms with E-state index in [1.54, 1.807) is 12.1 Å². The molecule has 0 aromatic heterocycles.